The Morgan fingerprint density at radius 2 is 2.00 bits per heavy atom. The Labute approximate surface area is 79.4 Å². The van der Waals surface area contributed by atoms with Crippen molar-refractivity contribution in [2.24, 2.45) is 0 Å². The molecule has 0 amide bonds. The van der Waals surface area contributed by atoms with Crippen LogP contribution in [0.3, 0.4) is 0 Å². The van der Waals surface area contributed by atoms with Crippen molar-refractivity contribution in [3.8, 4) is 0 Å². The van der Waals surface area contributed by atoms with Crippen LogP contribution in [0.15, 0.2) is 0 Å². The number of methoxy groups -OCH3 is 1. The van der Waals surface area contributed by atoms with Crippen molar-refractivity contribution < 1.29 is 14.3 Å². The zero-order valence-electron chi connectivity index (χ0n) is 8.47. The minimum atomic E-state index is -0.519. The van der Waals surface area contributed by atoms with Crippen molar-refractivity contribution in [1.29, 1.82) is 0 Å². The summed E-state index contributed by atoms with van der Waals surface area (Å²) >= 11 is 0. The van der Waals surface area contributed by atoms with Gasteiger partial charge in [-0.3, -0.25) is 4.79 Å². The van der Waals surface area contributed by atoms with Gasteiger partial charge < -0.3 is 9.47 Å². The van der Waals surface area contributed by atoms with Gasteiger partial charge in [0.25, 0.3) is 0 Å². The van der Waals surface area contributed by atoms with Crippen LogP contribution in [0.2, 0.25) is 0 Å². The smallest absolute Gasteiger partial charge is 0.190 e. The lowest BCUT2D eigenvalue weighted by Gasteiger charge is -2.25. The molecule has 0 saturated heterocycles. The van der Waals surface area contributed by atoms with Crippen LogP contribution in [0.5, 0.6) is 0 Å². The molecule has 0 aromatic carbocycles. The Balaban J connectivity index is 2.49. The fraction of sp³-hybridized carbons (Fsp3) is 0.900. The van der Waals surface area contributed by atoms with Crippen molar-refractivity contribution in [1.82, 2.24) is 0 Å². The third kappa shape index (κ3) is 2.29. The summed E-state index contributed by atoms with van der Waals surface area (Å²) in [7, 11) is 1.62. The molecule has 0 heterocycles. The average Bonchev–Trinajstić information content (AvgIpc) is 2.63. The highest BCUT2D eigenvalue weighted by Gasteiger charge is 2.40. The van der Waals surface area contributed by atoms with Crippen LogP contribution in [-0.4, -0.2) is 31.7 Å². The first kappa shape index (κ1) is 10.7. The van der Waals surface area contributed by atoms with Gasteiger partial charge in [-0.1, -0.05) is 0 Å². The number of ether oxygens (including phenoxy) is 2. The van der Waals surface area contributed by atoms with E-state index in [0.717, 1.165) is 25.7 Å². The topological polar surface area (TPSA) is 35.5 Å². The molecule has 1 rings (SSSR count). The number of rotatable bonds is 5. The Hall–Kier alpha value is -0.410. The molecule has 1 aliphatic rings. The maximum absolute atomic E-state index is 11.7. The number of carbonyl (C=O) groups excluding carboxylic acids is 1. The van der Waals surface area contributed by atoms with Crippen LogP contribution >= 0.6 is 0 Å². The molecule has 0 N–H and O–H groups in total. The molecule has 0 aliphatic heterocycles. The molecule has 1 saturated carbocycles. The Morgan fingerprint density at radius 1 is 1.38 bits per heavy atom. The molecule has 76 valence electrons. The molecule has 0 aromatic heterocycles. The van der Waals surface area contributed by atoms with Crippen molar-refractivity contribution in [2.75, 3.05) is 20.3 Å². The van der Waals surface area contributed by atoms with Crippen molar-refractivity contribution in [3.05, 3.63) is 0 Å². The van der Waals surface area contributed by atoms with Gasteiger partial charge in [0, 0.05) is 13.7 Å². The van der Waals surface area contributed by atoms with Gasteiger partial charge in [-0.15, -0.1) is 0 Å². The molecule has 0 bridgehead atoms. The Bertz CT molecular complexity index is 171. The highest BCUT2D eigenvalue weighted by atomic mass is 16.5. The monoisotopic (exact) mass is 186 g/mol. The molecule has 3 nitrogen and oxygen atoms in total. The van der Waals surface area contributed by atoms with Gasteiger partial charge in [-0.2, -0.15) is 0 Å². The van der Waals surface area contributed by atoms with E-state index in [4.69, 9.17) is 9.47 Å². The van der Waals surface area contributed by atoms with E-state index < -0.39 is 5.60 Å². The van der Waals surface area contributed by atoms with Crippen LogP contribution < -0.4 is 0 Å². The number of hydrogen-bond donors (Lipinski definition) is 0. The van der Waals surface area contributed by atoms with E-state index in [1.165, 1.54) is 0 Å². The highest BCUT2D eigenvalue weighted by molar-refractivity contribution is 5.88. The van der Waals surface area contributed by atoms with Gasteiger partial charge in [0.1, 0.15) is 12.2 Å². The molecular formula is C10H18O3. The van der Waals surface area contributed by atoms with Gasteiger partial charge in [-0.25, -0.2) is 0 Å². The summed E-state index contributed by atoms with van der Waals surface area (Å²) in [6, 6.07) is 0. The summed E-state index contributed by atoms with van der Waals surface area (Å²) in [4.78, 5) is 11.7. The first-order chi connectivity index (χ1) is 6.25. The van der Waals surface area contributed by atoms with Crippen LogP contribution in [0.4, 0.5) is 0 Å². The fourth-order valence-corrected chi connectivity index (χ4v) is 1.87. The first-order valence-electron chi connectivity index (χ1n) is 4.91. The highest BCUT2D eigenvalue weighted by Crippen LogP contribution is 2.33. The van der Waals surface area contributed by atoms with Crippen LogP contribution in [0.1, 0.15) is 32.6 Å². The number of Topliss-reactive ketones (excluding diaryl/α,β-unsaturated/α-hetero) is 1. The van der Waals surface area contributed by atoms with E-state index in [1.807, 2.05) is 6.92 Å². The lowest BCUT2D eigenvalue weighted by molar-refractivity contribution is -0.145. The molecular weight excluding hydrogens is 168 g/mol. The normalized spacial score (nSPS) is 20.5. The predicted octanol–water partition coefficient (Wildman–Crippen LogP) is 1.55. The minimum absolute atomic E-state index is 0.106. The molecule has 3 heteroatoms. The number of carbonyl (C=O) groups is 1. The van der Waals surface area contributed by atoms with Crippen molar-refractivity contribution >= 4 is 5.78 Å². The average molecular weight is 186 g/mol. The molecule has 0 radical (unpaired) electrons. The molecule has 1 aliphatic carbocycles. The SMILES string of the molecule is CCOCC(=O)C1(OC)CCCC1. The molecule has 13 heavy (non-hydrogen) atoms. The zero-order valence-corrected chi connectivity index (χ0v) is 8.47. The summed E-state index contributed by atoms with van der Waals surface area (Å²) in [5.41, 5.74) is -0.519. The van der Waals surface area contributed by atoms with Gasteiger partial charge in [0.05, 0.1) is 0 Å². The summed E-state index contributed by atoms with van der Waals surface area (Å²) in [5, 5.41) is 0. The quantitative estimate of drug-likeness (QED) is 0.653. The minimum Gasteiger partial charge on any atom is -0.374 e. The second-order valence-corrected chi connectivity index (χ2v) is 3.47. The van der Waals surface area contributed by atoms with Crippen LogP contribution in [-0.2, 0) is 14.3 Å². The second-order valence-electron chi connectivity index (χ2n) is 3.47. The van der Waals surface area contributed by atoms with Gasteiger partial charge in [-0.05, 0) is 32.6 Å². The molecule has 1 fully saturated rings. The van der Waals surface area contributed by atoms with E-state index >= 15 is 0 Å². The summed E-state index contributed by atoms with van der Waals surface area (Å²) in [5.74, 6) is 0.106. The fourth-order valence-electron chi connectivity index (χ4n) is 1.87. The van der Waals surface area contributed by atoms with Crippen LogP contribution in [0, 0.1) is 0 Å². The maximum atomic E-state index is 11.7. The standard InChI is InChI=1S/C10H18O3/c1-3-13-8-9(11)10(12-2)6-4-5-7-10/h3-8H2,1-2H3. The van der Waals surface area contributed by atoms with E-state index in [-0.39, 0.29) is 12.4 Å². The van der Waals surface area contributed by atoms with E-state index in [0.29, 0.717) is 6.61 Å². The maximum Gasteiger partial charge on any atom is 0.190 e. The molecule has 0 aromatic rings. The third-order valence-electron chi connectivity index (χ3n) is 2.75. The Morgan fingerprint density at radius 3 is 2.46 bits per heavy atom. The van der Waals surface area contributed by atoms with Crippen molar-refractivity contribution in [2.45, 2.75) is 38.2 Å². The zero-order chi connectivity index (χ0) is 9.73. The third-order valence-corrected chi connectivity index (χ3v) is 2.75. The van der Waals surface area contributed by atoms with Crippen LogP contribution in [0.25, 0.3) is 0 Å². The molecule has 0 spiro atoms. The van der Waals surface area contributed by atoms with E-state index in [9.17, 15) is 4.79 Å². The van der Waals surface area contributed by atoms with Gasteiger partial charge in [0.2, 0.25) is 0 Å². The van der Waals surface area contributed by atoms with Crippen molar-refractivity contribution in [3.63, 3.8) is 0 Å². The first-order valence-corrected chi connectivity index (χ1v) is 4.91. The second kappa shape index (κ2) is 4.72. The molecule has 0 atom stereocenters. The number of ketones is 1. The largest absolute Gasteiger partial charge is 0.374 e. The van der Waals surface area contributed by atoms with Gasteiger partial charge >= 0.3 is 0 Å². The lowest BCUT2D eigenvalue weighted by Crippen LogP contribution is -2.40. The number of hydrogen-bond acceptors (Lipinski definition) is 3. The summed E-state index contributed by atoms with van der Waals surface area (Å²) < 4.78 is 10.4. The Kier molecular flexibility index (Phi) is 3.88. The predicted molar refractivity (Wildman–Crippen MR) is 49.7 cm³/mol. The summed E-state index contributed by atoms with van der Waals surface area (Å²) in [6.07, 6.45) is 3.89. The molecule has 0 unspecified atom stereocenters. The lowest BCUT2D eigenvalue weighted by atomic mass is 9.97. The van der Waals surface area contributed by atoms with E-state index in [2.05, 4.69) is 0 Å². The van der Waals surface area contributed by atoms with Gasteiger partial charge in [0.15, 0.2) is 5.78 Å². The summed E-state index contributed by atoms with van der Waals surface area (Å²) in [6.45, 7) is 2.68. The van der Waals surface area contributed by atoms with E-state index in [1.54, 1.807) is 7.11 Å².